The van der Waals surface area contributed by atoms with Gasteiger partial charge in [-0.15, -0.1) is 0 Å². The van der Waals surface area contributed by atoms with Crippen molar-refractivity contribution in [3.63, 3.8) is 0 Å². The largest absolute Gasteiger partial charge is 0.387 e. The predicted molar refractivity (Wildman–Crippen MR) is 67.8 cm³/mol. The summed E-state index contributed by atoms with van der Waals surface area (Å²) < 4.78 is 0. The molecule has 0 aliphatic rings. The van der Waals surface area contributed by atoms with Crippen LogP contribution < -0.4 is 10.6 Å². The number of nitrogens with one attached hydrogen (secondary N) is 2. The summed E-state index contributed by atoms with van der Waals surface area (Å²) in [6, 6.07) is 7.80. The fourth-order valence-electron chi connectivity index (χ4n) is 1.66. The molecule has 0 atom stereocenters. The Balaban J connectivity index is 2.79. The lowest BCUT2D eigenvalue weighted by atomic mass is 10.1. The molecule has 1 aromatic carbocycles. The van der Waals surface area contributed by atoms with E-state index < -0.39 is 0 Å². The first-order valence-electron chi connectivity index (χ1n) is 5.80. The third kappa shape index (κ3) is 2.99. The van der Waals surface area contributed by atoms with E-state index in [1.165, 1.54) is 0 Å². The Bertz CT molecular complexity index is 346. The number of amides is 1. The van der Waals surface area contributed by atoms with Crippen molar-refractivity contribution in [1.29, 1.82) is 0 Å². The predicted octanol–water partition coefficient (Wildman–Crippen LogP) is 2.65. The summed E-state index contributed by atoms with van der Waals surface area (Å²) in [5.41, 5.74) is 1.57. The first-order valence-corrected chi connectivity index (χ1v) is 5.80. The van der Waals surface area contributed by atoms with Gasteiger partial charge in [0.2, 0.25) is 0 Å². The van der Waals surface area contributed by atoms with Gasteiger partial charge in [-0.1, -0.05) is 26.0 Å². The van der Waals surface area contributed by atoms with Crippen molar-refractivity contribution in [1.82, 2.24) is 5.32 Å². The van der Waals surface area contributed by atoms with E-state index in [0.29, 0.717) is 5.56 Å². The van der Waals surface area contributed by atoms with Gasteiger partial charge in [0.15, 0.2) is 0 Å². The van der Waals surface area contributed by atoms with Crippen molar-refractivity contribution in [2.45, 2.75) is 32.7 Å². The van der Waals surface area contributed by atoms with E-state index in [2.05, 4.69) is 24.5 Å². The van der Waals surface area contributed by atoms with Crippen LogP contribution in [-0.2, 0) is 0 Å². The molecular weight excluding hydrogens is 200 g/mol. The van der Waals surface area contributed by atoms with Gasteiger partial charge in [0.05, 0.1) is 5.56 Å². The van der Waals surface area contributed by atoms with Crippen LogP contribution >= 0.6 is 0 Å². The van der Waals surface area contributed by atoms with E-state index in [1.807, 2.05) is 31.3 Å². The molecule has 3 heteroatoms. The fraction of sp³-hybridized carbons (Fsp3) is 0.462. The van der Waals surface area contributed by atoms with Crippen molar-refractivity contribution in [3.8, 4) is 0 Å². The van der Waals surface area contributed by atoms with E-state index in [0.717, 1.165) is 18.5 Å². The first kappa shape index (κ1) is 12.6. The zero-order valence-corrected chi connectivity index (χ0v) is 10.2. The number of rotatable bonds is 5. The quantitative estimate of drug-likeness (QED) is 0.801. The number of benzene rings is 1. The highest BCUT2D eigenvalue weighted by Gasteiger charge is 2.12. The molecule has 0 aliphatic carbocycles. The monoisotopic (exact) mass is 220 g/mol. The van der Waals surface area contributed by atoms with Crippen LogP contribution in [0.15, 0.2) is 24.3 Å². The molecule has 0 aromatic heterocycles. The third-order valence-corrected chi connectivity index (χ3v) is 2.76. The molecule has 0 saturated heterocycles. The van der Waals surface area contributed by atoms with E-state index in [4.69, 9.17) is 0 Å². The topological polar surface area (TPSA) is 41.1 Å². The van der Waals surface area contributed by atoms with Crippen molar-refractivity contribution >= 4 is 11.6 Å². The second kappa shape index (κ2) is 6.16. The molecule has 0 saturated carbocycles. The molecule has 3 nitrogen and oxygen atoms in total. The Morgan fingerprint density at radius 1 is 1.25 bits per heavy atom. The summed E-state index contributed by atoms with van der Waals surface area (Å²) in [4.78, 5) is 12.0. The molecule has 0 unspecified atom stereocenters. The lowest BCUT2D eigenvalue weighted by Gasteiger charge is -2.16. The molecule has 2 N–H and O–H groups in total. The molecule has 16 heavy (non-hydrogen) atoms. The minimum Gasteiger partial charge on any atom is -0.387 e. The zero-order valence-electron chi connectivity index (χ0n) is 10.2. The van der Waals surface area contributed by atoms with Gasteiger partial charge in [-0.25, -0.2) is 0 Å². The second-order valence-corrected chi connectivity index (χ2v) is 3.78. The SMILES string of the molecule is CCC(CC)NC(=O)c1ccccc1NC. The van der Waals surface area contributed by atoms with E-state index in [1.54, 1.807) is 0 Å². The number of anilines is 1. The zero-order chi connectivity index (χ0) is 12.0. The summed E-state index contributed by atoms with van der Waals surface area (Å²) in [5, 5.41) is 6.05. The number of hydrogen-bond donors (Lipinski definition) is 2. The molecule has 0 radical (unpaired) electrons. The van der Waals surface area contributed by atoms with Gasteiger partial charge in [0, 0.05) is 18.8 Å². The van der Waals surface area contributed by atoms with Crippen LogP contribution in [0.5, 0.6) is 0 Å². The van der Waals surface area contributed by atoms with Gasteiger partial charge in [0.1, 0.15) is 0 Å². The molecule has 0 aliphatic heterocycles. The Hall–Kier alpha value is -1.51. The summed E-state index contributed by atoms with van der Waals surface area (Å²) >= 11 is 0. The lowest BCUT2D eigenvalue weighted by molar-refractivity contribution is 0.0935. The van der Waals surface area contributed by atoms with Crippen molar-refractivity contribution < 1.29 is 4.79 Å². The first-order chi connectivity index (χ1) is 7.72. The minimum absolute atomic E-state index is 0.00125. The highest BCUT2D eigenvalue weighted by Crippen LogP contribution is 2.14. The van der Waals surface area contributed by atoms with Gasteiger partial charge < -0.3 is 10.6 Å². The molecule has 0 heterocycles. The van der Waals surface area contributed by atoms with Gasteiger partial charge in [-0.05, 0) is 25.0 Å². The number of para-hydroxylation sites is 1. The van der Waals surface area contributed by atoms with Crippen LogP contribution in [0.3, 0.4) is 0 Å². The van der Waals surface area contributed by atoms with Crippen LogP contribution in [0.4, 0.5) is 5.69 Å². The normalized spacial score (nSPS) is 10.2. The average Bonchev–Trinajstić information content (AvgIpc) is 2.35. The van der Waals surface area contributed by atoms with Gasteiger partial charge in [-0.3, -0.25) is 4.79 Å². The maximum atomic E-state index is 12.0. The molecule has 0 spiro atoms. The summed E-state index contributed by atoms with van der Waals surface area (Å²) in [6.45, 7) is 4.16. The Morgan fingerprint density at radius 2 is 1.88 bits per heavy atom. The minimum atomic E-state index is -0.00125. The van der Waals surface area contributed by atoms with Crippen molar-refractivity contribution in [3.05, 3.63) is 29.8 Å². The molecule has 0 fully saturated rings. The number of hydrogen-bond acceptors (Lipinski definition) is 2. The molecule has 1 amide bonds. The van der Waals surface area contributed by atoms with Crippen molar-refractivity contribution in [2.24, 2.45) is 0 Å². The molecule has 0 bridgehead atoms. The number of carbonyl (C=O) groups excluding carboxylic acids is 1. The fourth-order valence-corrected chi connectivity index (χ4v) is 1.66. The van der Waals surface area contributed by atoms with Gasteiger partial charge >= 0.3 is 0 Å². The van der Waals surface area contributed by atoms with Gasteiger partial charge in [0.25, 0.3) is 5.91 Å². The van der Waals surface area contributed by atoms with Crippen LogP contribution in [-0.4, -0.2) is 19.0 Å². The Morgan fingerprint density at radius 3 is 2.44 bits per heavy atom. The maximum absolute atomic E-state index is 12.0. The van der Waals surface area contributed by atoms with Crippen LogP contribution in [0, 0.1) is 0 Å². The Labute approximate surface area is 97.2 Å². The van der Waals surface area contributed by atoms with Crippen LogP contribution in [0.25, 0.3) is 0 Å². The van der Waals surface area contributed by atoms with Crippen LogP contribution in [0.2, 0.25) is 0 Å². The smallest absolute Gasteiger partial charge is 0.253 e. The highest BCUT2D eigenvalue weighted by molar-refractivity contribution is 5.99. The average molecular weight is 220 g/mol. The standard InChI is InChI=1S/C13H20N2O/c1-4-10(5-2)15-13(16)11-8-6-7-9-12(11)14-3/h6-10,14H,4-5H2,1-3H3,(H,15,16). The Kier molecular flexibility index (Phi) is 4.83. The van der Waals surface area contributed by atoms with Crippen molar-refractivity contribution in [2.75, 3.05) is 12.4 Å². The van der Waals surface area contributed by atoms with Crippen LogP contribution in [0.1, 0.15) is 37.0 Å². The molecule has 1 rings (SSSR count). The van der Waals surface area contributed by atoms with E-state index >= 15 is 0 Å². The maximum Gasteiger partial charge on any atom is 0.253 e. The lowest BCUT2D eigenvalue weighted by Crippen LogP contribution is -2.34. The second-order valence-electron chi connectivity index (χ2n) is 3.78. The molecular formula is C13H20N2O. The number of carbonyl (C=O) groups is 1. The molecule has 88 valence electrons. The summed E-state index contributed by atoms with van der Waals surface area (Å²) in [5.74, 6) is -0.00125. The van der Waals surface area contributed by atoms with E-state index in [9.17, 15) is 4.79 Å². The van der Waals surface area contributed by atoms with E-state index in [-0.39, 0.29) is 11.9 Å². The third-order valence-electron chi connectivity index (χ3n) is 2.76. The molecule has 1 aromatic rings. The summed E-state index contributed by atoms with van der Waals surface area (Å²) in [6.07, 6.45) is 1.92. The highest BCUT2D eigenvalue weighted by atomic mass is 16.1. The summed E-state index contributed by atoms with van der Waals surface area (Å²) in [7, 11) is 1.82. The van der Waals surface area contributed by atoms with Gasteiger partial charge in [-0.2, -0.15) is 0 Å².